The fourth-order valence-corrected chi connectivity index (χ4v) is 1.63. The van der Waals surface area contributed by atoms with Gasteiger partial charge in [0.25, 0.3) is 0 Å². The molecule has 2 atom stereocenters. The largest absolute Gasteiger partial charge is 0.416 e. The van der Waals surface area contributed by atoms with Gasteiger partial charge in [-0.1, -0.05) is 24.3 Å². The number of halogens is 3. The smallest absolute Gasteiger partial charge is 0.392 e. The number of ether oxygens (including phenoxy) is 1. The zero-order valence-electron chi connectivity index (χ0n) is 8.82. The number of alkyl halides is 3. The zero-order chi connectivity index (χ0) is 12.5. The molecule has 1 heterocycles. The van der Waals surface area contributed by atoms with Crippen molar-refractivity contribution in [1.29, 1.82) is 0 Å². The Bertz CT molecular complexity index is 426. The fourth-order valence-electron chi connectivity index (χ4n) is 1.63. The van der Waals surface area contributed by atoms with Crippen molar-refractivity contribution in [2.45, 2.75) is 18.4 Å². The van der Waals surface area contributed by atoms with Crippen LogP contribution in [0.2, 0.25) is 0 Å². The molecule has 1 saturated heterocycles. The van der Waals surface area contributed by atoms with Crippen molar-refractivity contribution in [3.8, 4) is 0 Å². The van der Waals surface area contributed by atoms with Gasteiger partial charge in [0.2, 0.25) is 0 Å². The molecule has 1 N–H and O–H groups in total. The quantitative estimate of drug-likeness (QED) is 0.655. The van der Waals surface area contributed by atoms with Crippen LogP contribution in [-0.4, -0.2) is 17.8 Å². The highest BCUT2D eigenvalue weighted by molar-refractivity contribution is 5.31. The summed E-state index contributed by atoms with van der Waals surface area (Å²) in [7, 11) is 0. The lowest BCUT2D eigenvalue weighted by Gasteiger charge is -2.07. The molecule has 1 aliphatic rings. The van der Waals surface area contributed by atoms with E-state index >= 15 is 0 Å². The lowest BCUT2D eigenvalue weighted by molar-refractivity contribution is -0.137. The van der Waals surface area contributed by atoms with Crippen molar-refractivity contribution >= 4 is 0 Å². The Morgan fingerprint density at radius 3 is 2.76 bits per heavy atom. The molecule has 0 aromatic heterocycles. The van der Waals surface area contributed by atoms with Crippen molar-refractivity contribution in [2.75, 3.05) is 6.61 Å². The molecule has 0 amide bonds. The second kappa shape index (κ2) is 4.50. The first kappa shape index (κ1) is 12.1. The third kappa shape index (κ3) is 2.87. The second-order valence-corrected chi connectivity index (χ2v) is 3.76. The van der Waals surface area contributed by atoms with Crippen LogP contribution in [0.5, 0.6) is 0 Å². The van der Waals surface area contributed by atoms with E-state index in [1.807, 2.05) is 0 Å². The van der Waals surface area contributed by atoms with Gasteiger partial charge in [0, 0.05) is 0 Å². The van der Waals surface area contributed by atoms with E-state index in [2.05, 4.69) is 0 Å². The van der Waals surface area contributed by atoms with E-state index < -0.39 is 11.7 Å². The van der Waals surface area contributed by atoms with Gasteiger partial charge in [-0.3, -0.25) is 0 Å². The third-order valence-corrected chi connectivity index (χ3v) is 2.50. The summed E-state index contributed by atoms with van der Waals surface area (Å²) < 4.78 is 42.6. The van der Waals surface area contributed by atoms with Crippen molar-refractivity contribution in [3.05, 3.63) is 47.5 Å². The van der Waals surface area contributed by atoms with Crippen molar-refractivity contribution in [2.24, 2.45) is 0 Å². The van der Waals surface area contributed by atoms with Crippen LogP contribution < -0.4 is 0 Å². The van der Waals surface area contributed by atoms with E-state index in [1.54, 1.807) is 12.1 Å². The lowest BCUT2D eigenvalue weighted by Crippen LogP contribution is -2.05. The summed E-state index contributed by atoms with van der Waals surface area (Å²) in [6.07, 6.45) is -1.74. The number of aliphatic hydroxyl groups is 1. The summed E-state index contributed by atoms with van der Waals surface area (Å²) in [6.45, 7) is -0.102. The van der Waals surface area contributed by atoms with Crippen LogP contribution in [-0.2, 0) is 10.9 Å². The Kier molecular flexibility index (Phi) is 3.22. The second-order valence-electron chi connectivity index (χ2n) is 3.76. The van der Waals surface area contributed by atoms with Crippen LogP contribution in [0.1, 0.15) is 17.2 Å². The lowest BCUT2D eigenvalue weighted by atomic mass is 10.1. The molecule has 0 spiro atoms. The Morgan fingerprint density at radius 2 is 2.12 bits per heavy atom. The summed E-state index contributed by atoms with van der Waals surface area (Å²) in [5.74, 6) is 0. The van der Waals surface area contributed by atoms with E-state index in [9.17, 15) is 13.2 Å². The van der Waals surface area contributed by atoms with Crippen LogP contribution in [0.3, 0.4) is 0 Å². The standard InChI is InChI=1S/C12H11F3O2/c13-12(14,15)9-4-1-3-8(7-9)11-10(17-11)5-2-6-16/h1-5,7,10-11,16H,6H2/t10-,11-/m1/s1. The summed E-state index contributed by atoms with van der Waals surface area (Å²) in [5.41, 5.74) is -0.164. The first-order chi connectivity index (χ1) is 8.02. The minimum absolute atomic E-state index is 0.102. The van der Waals surface area contributed by atoms with Crippen LogP contribution in [0, 0.1) is 0 Å². The molecule has 1 fully saturated rings. The number of hydrogen-bond acceptors (Lipinski definition) is 2. The molecule has 2 nitrogen and oxygen atoms in total. The number of benzene rings is 1. The molecule has 1 aliphatic heterocycles. The summed E-state index contributed by atoms with van der Waals surface area (Å²) in [6, 6.07) is 5.10. The third-order valence-electron chi connectivity index (χ3n) is 2.50. The van der Waals surface area contributed by atoms with E-state index in [0.717, 1.165) is 12.1 Å². The zero-order valence-corrected chi connectivity index (χ0v) is 8.82. The minimum atomic E-state index is -4.33. The summed E-state index contributed by atoms with van der Waals surface area (Å²) in [5, 5.41) is 8.56. The van der Waals surface area contributed by atoms with Gasteiger partial charge in [-0.05, 0) is 17.7 Å². The van der Waals surface area contributed by atoms with Gasteiger partial charge >= 0.3 is 6.18 Å². The molecular formula is C12H11F3O2. The van der Waals surface area contributed by atoms with Crippen molar-refractivity contribution in [1.82, 2.24) is 0 Å². The highest BCUT2D eigenvalue weighted by Gasteiger charge is 2.39. The van der Waals surface area contributed by atoms with Crippen LogP contribution >= 0.6 is 0 Å². The van der Waals surface area contributed by atoms with Crippen LogP contribution in [0.15, 0.2) is 36.4 Å². The summed E-state index contributed by atoms with van der Waals surface area (Å²) in [4.78, 5) is 0. The average Bonchev–Trinajstić information content (AvgIpc) is 3.05. The predicted octanol–water partition coefficient (Wildman–Crippen LogP) is 2.69. The normalized spacial score (nSPS) is 24.2. The molecule has 0 radical (unpaired) electrons. The monoisotopic (exact) mass is 244 g/mol. The molecule has 1 aromatic rings. The number of rotatable bonds is 3. The molecule has 0 bridgehead atoms. The first-order valence-electron chi connectivity index (χ1n) is 5.12. The number of epoxide rings is 1. The topological polar surface area (TPSA) is 32.8 Å². The molecule has 0 saturated carbocycles. The van der Waals surface area contributed by atoms with E-state index in [0.29, 0.717) is 5.56 Å². The molecule has 1 aromatic carbocycles. The van der Waals surface area contributed by atoms with Gasteiger partial charge in [-0.15, -0.1) is 0 Å². The average molecular weight is 244 g/mol. The van der Waals surface area contributed by atoms with Crippen molar-refractivity contribution in [3.63, 3.8) is 0 Å². The molecule has 2 rings (SSSR count). The Balaban J connectivity index is 2.11. The number of hydrogen-bond donors (Lipinski definition) is 1. The van der Waals surface area contributed by atoms with Crippen LogP contribution in [0.4, 0.5) is 13.2 Å². The van der Waals surface area contributed by atoms with Gasteiger partial charge in [0.15, 0.2) is 0 Å². The SMILES string of the molecule is OCC=C[C@H]1O[C@@H]1c1cccc(C(F)(F)F)c1. The van der Waals surface area contributed by atoms with Gasteiger partial charge in [0.1, 0.15) is 12.2 Å². The maximum Gasteiger partial charge on any atom is 0.416 e. The number of aliphatic hydroxyl groups excluding tert-OH is 1. The van der Waals surface area contributed by atoms with E-state index in [4.69, 9.17) is 9.84 Å². The Morgan fingerprint density at radius 1 is 1.35 bits per heavy atom. The van der Waals surface area contributed by atoms with Crippen LogP contribution in [0.25, 0.3) is 0 Å². The molecule has 92 valence electrons. The fraction of sp³-hybridized carbons (Fsp3) is 0.333. The molecular weight excluding hydrogens is 233 g/mol. The molecule has 0 aliphatic carbocycles. The highest BCUT2D eigenvalue weighted by atomic mass is 19.4. The van der Waals surface area contributed by atoms with Gasteiger partial charge in [-0.2, -0.15) is 13.2 Å². The highest BCUT2D eigenvalue weighted by Crippen LogP contribution is 2.41. The predicted molar refractivity (Wildman–Crippen MR) is 55.3 cm³/mol. The maximum absolute atomic E-state index is 12.5. The van der Waals surface area contributed by atoms with Gasteiger partial charge < -0.3 is 9.84 Å². The minimum Gasteiger partial charge on any atom is -0.392 e. The van der Waals surface area contributed by atoms with Gasteiger partial charge in [-0.25, -0.2) is 0 Å². The maximum atomic E-state index is 12.5. The molecule has 0 unspecified atom stereocenters. The van der Waals surface area contributed by atoms with E-state index in [-0.39, 0.29) is 18.8 Å². The van der Waals surface area contributed by atoms with Gasteiger partial charge in [0.05, 0.1) is 12.2 Å². The molecule has 5 heteroatoms. The summed E-state index contributed by atoms with van der Waals surface area (Å²) >= 11 is 0. The van der Waals surface area contributed by atoms with E-state index in [1.165, 1.54) is 12.1 Å². The van der Waals surface area contributed by atoms with Crippen molar-refractivity contribution < 1.29 is 23.0 Å². The Hall–Kier alpha value is -1.33. The molecule has 17 heavy (non-hydrogen) atoms. The first-order valence-corrected chi connectivity index (χ1v) is 5.12. The Labute approximate surface area is 96.3 Å².